The van der Waals surface area contributed by atoms with Crippen molar-refractivity contribution in [1.29, 1.82) is 0 Å². The number of H-pyrrole nitrogens is 1. The summed E-state index contributed by atoms with van der Waals surface area (Å²) in [5.74, 6) is 1.85. The molecule has 23 heavy (non-hydrogen) atoms. The quantitative estimate of drug-likeness (QED) is 0.893. The second-order valence-electron chi connectivity index (χ2n) is 6.72. The molecule has 0 bridgehead atoms. The number of benzene rings is 1. The lowest BCUT2D eigenvalue weighted by molar-refractivity contribution is 0.348. The molecule has 0 aliphatic carbocycles. The highest BCUT2D eigenvalue weighted by Crippen LogP contribution is 2.36. The lowest BCUT2D eigenvalue weighted by Crippen LogP contribution is -2.31. The largest absolute Gasteiger partial charge is 0.298 e. The van der Waals surface area contributed by atoms with E-state index in [9.17, 15) is 0 Å². The van der Waals surface area contributed by atoms with Crippen molar-refractivity contribution < 1.29 is 0 Å². The monoisotopic (exact) mass is 330 g/mol. The zero-order valence-electron chi connectivity index (χ0n) is 13.9. The van der Waals surface area contributed by atoms with Gasteiger partial charge in [-0.05, 0) is 33.5 Å². The molecule has 1 aliphatic heterocycles. The summed E-state index contributed by atoms with van der Waals surface area (Å²) < 4.78 is 0. The number of hydrogen-bond donors (Lipinski definition) is 2. The Hall–Kier alpha value is -2.02. The number of aromatic amines is 1. The molecule has 1 atom stereocenters. The minimum absolute atomic E-state index is 0.129. The highest BCUT2D eigenvalue weighted by Gasteiger charge is 2.26. The van der Waals surface area contributed by atoms with E-state index in [2.05, 4.69) is 88.4 Å². The van der Waals surface area contributed by atoms with Crippen molar-refractivity contribution >= 4 is 17.4 Å². The molecule has 1 aliphatic rings. The summed E-state index contributed by atoms with van der Waals surface area (Å²) in [7, 11) is 0. The molecule has 3 rings (SSSR count). The van der Waals surface area contributed by atoms with Gasteiger partial charge in [0.2, 0.25) is 0 Å². The fourth-order valence-electron chi connectivity index (χ4n) is 2.51. The second-order valence-corrected chi connectivity index (χ2v) is 7.55. The van der Waals surface area contributed by atoms with Crippen LogP contribution in [0.15, 0.2) is 35.4 Å². The lowest BCUT2D eigenvalue weighted by atomic mass is 9.93. The smallest absolute Gasteiger partial charge is 0.155 e. The number of thioether (sulfide) groups is 1. The van der Waals surface area contributed by atoms with E-state index in [1.54, 1.807) is 0 Å². The van der Waals surface area contributed by atoms with Crippen molar-refractivity contribution in [3.05, 3.63) is 46.8 Å². The zero-order valence-corrected chi connectivity index (χ0v) is 14.7. The van der Waals surface area contributed by atoms with Crippen LogP contribution in [0.4, 0.5) is 5.69 Å². The number of rotatable bonds is 4. The molecular formula is C16H22N6S. The van der Waals surface area contributed by atoms with E-state index in [1.165, 1.54) is 11.3 Å². The molecular weight excluding hydrogens is 308 g/mol. The number of hydrogen-bond acceptors (Lipinski definition) is 6. The van der Waals surface area contributed by atoms with Gasteiger partial charge in [0, 0.05) is 17.0 Å². The first-order valence-corrected chi connectivity index (χ1v) is 8.70. The van der Waals surface area contributed by atoms with E-state index in [0.717, 1.165) is 17.4 Å². The molecule has 122 valence electrons. The number of allylic oxidation sites excluding steroid dienone is 1. The Morgan fingerprint density at radius 1 is 1.26 bits per heavy atom. The standard InChI is InChI=1S/C16H22N6S/c1-11(15-17-20-21-18-15)12-5-7-13(8-6-12)19-22-10-23-9-14(22)16(2,3)4/h5-9,11,19H,10H2,1-4H3,(H,17,18,20,21)/t11-/m1/s1. The maximum absolute atomic E-state index is 3.98. The van der Waals surface area contributed by atoms with E-state index in [4.69, 9.17) is 0 Å². The van der Waals surface area contributed by atoms with Gasteiger partial charge in [0.1, 0.15) is 0 Å². The van der Waals surface area contributed by atoms with Gasteiger partial charge in [0.15, 0.2) is 5.82 Å². The van der Waals surface area contributed by atoms with Crippen LogP contribution in [0.3, 0.4) is 0 Å². The van der Waals surface area contributed by atoms with Gasteiger partial charge in [-0.1, -0.05) is 39.8 Å². The third kappa shape index (κ3) is 3.50. The fourth-order valence-corrected chi connectivity index (χ4v) is 3.57. The number of nitrogens with one attached hydrogen (secondary N) is 2. The maximum Gasteiger partial charge on any atom is 0.155 e. The molecule has 0 amide bonds. The Balaban J connectivity index is 1.70. The third-order valence-corrected chi connectivity index (χ3v) is 4.70. The molecule has 0 saturated carbocycles. The Kier molecular flexibility index (Phi) is 4.30. The van der Waals surface area contributed by atoms with Crippen LogP contribution in [-0.4, -0.2) is 31.5 Å². The molecule has 7 heteroatoms. The fraction of sp³-hybridized carbons (Fsp3) is 0.438. The van der Waals surface area contributed by atoms with E-state index in [0.29, 0.717) is 0 Å². The molecule has 2 heterocycles. The first-order chi connectivity index (χ1) is 10.9. The number of aromatic nitrogens is 4. The topological polar surface area (TPSA) is 69.7 Å². The van der Waals surface area contributed by atoms with Gasteiger partial charge in [-0.3, -0.25) is 10.4 Å². The Morgan fingerprint density at radius 3 is 2.61 bits per heavy atom. The van der Waals surface area contributed by atoms with Crippen LogP contribution in [0.25, 0.3) is 0 Å². The van der Waals surface area contributed by atoms with Crippen LogP contribution < -0.4 is 5.43 Å². The Labute approximate surface area is 140 Å². The highest BCUT2D eigenvalue weighted by molar-refractivity contribution is 8.02. The number of anilines is 1. The summed E-state index contributed by atoms with van der Waals surface area (Å²) in [6, 6.07) is 8.41. The summed E-state index contributed by atoms with van der Waals surface area (Å²) in [6.07, 6.45) is 0. The third-order valence-electron chi connectivity index (χ3n) is 3.90. The highest BCUT2D eigenvalue weighted by atomic mass is 32.2. The van der Waals surface area contributed by atoms with E-state index >= 15 is 0 Å². The molecule has 0 radical (unpaired) electrons. The summed E-state index contributed by atoms with van der Waals surface area (Å²) in [6.45, 7) is 8.78. The first-order valence-electron chi connectivity index (χ1n) is 7.65. The number of nitrogens with zero attached hydrogens (tertiary/aromatic N) is 4. The lowest BCUT2D eigenvalue weighted by Gasteiger charge is -2.31. The van der Waals surface area contributed by atoms with Crippen molar-refractivity contribution in [3.8, 4) is 0 Å². The Morgan fingerprint density at radius 2 is 2.00 bits per heavy atom. The number of hydrazine groups is 1. The van der Waals surface area contributed by atoms with Gasteiger partial charge in [-0.15, -0.1) is 16.9 Å². The molecule has 1 aromatic carbocycles. The van der Waals surface area contributed by atoms with Gasteiger partial charge in [0.25, 0.3) is 0 Å². The van der Waals surface area contributed by atoms with E-state index in [-0.39, 0.29) is 11.3 Å². The van der Waals surface area contributed by atoms with Crippen LogP contribution >= 0.6 is 11.8 Å². The summed E-state index contributed by atoms with van der Waals surface area (Å²) in [5.41, 5.74) is 7.19. The van der Waals surface area contributed by atoms with Crippen molar-refractivity contribution in [2.24, 2.45) is 5.41 Å². The van der Waals surface area contributed by atoms with E-state index < -0.39 is 0 Å². The minimum Gasteiger partial charge on any atom is -0.298 e. The van der Waals surface area contributed by atoms with Gasteiger partial charge in [-0.25, -0.2) is 5.10 Å². The normalized spacial score (nSPS) is 16.3. The molecule has 0 fully saturated rings. The average Bonchev–Trinajstić information content (AvgIpc) is 3.18. The molecule has 0 unspecified atom stereocenters. The van der Waals surface area contributed by atoms with E-state index in [1.807, 2.05) is 11.8 Å². The second kappa shape index (κ2) is 6.23. The van der Waals surface area contributed by atoms with Gasteiger partial charge < -0.3 is 0 Å². The van der Waals surface area contributed by atoms with Crippen LogP contribution in [0.5, 0.6) is 0 Å². The SMILES string of the molecule is C[C@H](c1ccc(NN2CSC=C2C(C)(C)C)cc1)c1nnn[nH]1. The van der Waals surface area contributed by atoms with Crippen molar-refractivity contribution in [3.63, 3.8) is 0 Å². The number of tetrazole rings is 1. The predicted molar refractivity (Wildman–Crippen MR) is 93.6 cm³/mol. The minimum atomic E-state index is 0.129. The molecule has 6 nitrogen and oxygen atoms in total. The first kappa shape index (κ1) is 15.9. The Bertz CT molecular complexity index is 672. The zero-order chi connectivity index (χ0) is 16.4. The van der Waals surface area contributed by atoms with Crippen molar-refractivity contribution in [2.45, 2.75) is 33.6 Å². The predicted octanol–water partition coefficient (Wildman–Crippen LogP) is 3.57. The van der Waals surface area contributed by atoms with Gasteiger partial charge in [-0.2, -0.15) is 0 Å². The van der Waals surface area contributed by atoms with Crippen LogP contribution in [-0.2, 0) is 0 Å². The summed E-state index contributed by atoms with van der Waals surface area (Å²) in [5, 5.41) is 18.5. The molecule has 2 aromatic rings. The molecule has 2 N–H and O–H groups in total. The molecule has 0 spiro atoms. The molecule has 1 aromatic heterocycles. The maximum atomic E-state index is 3.98. The van der Waals surface area contributed by atoms with Crippen molar-refractivity contribution in [2.75, 3.05) is 11.3 Å². The summed E-state index contributed by atoms with van der Waals surface area (Å²) in [4.78, 5) is 0. The average molecular weight is 330 g/mol. The summed E-state index contributed by atoms with van der Waals surface area (Å²) >= 11 is 1.82. The van der Waals surface area contributed by atoms with Crippen LogP contribution in [0.1, 0.15) is 45.0 Å². The molecule has 0 saturated heterocycles. The van der Waals surface area contributed by atoms with Crippen LogP contribution in [0.2, 0.25) is 0 Å². The van der Waals surface area contributed by atoms with Crippen LogP contribution in [0, 0.1) is 5.41 Å². The van der Waals surface area contributed by atoms with Gasteiger partial charge >= 0.3 is 0 Å². The van der Waals surface area contributed by atoms with Gasteiger partial charge in [0.05, 0.1) is 11.6 Å². The van der Waals surface area contributed by atoms with Crippen molar-refractivity contribution in [1.82, 2.24) is 25.6 Å².